The Morgan fingerprint density at radius 2 is 2.00 bits per heavy atom. The van der Waals surface area contributed by atoms with Crippen molar-refractivity contribution in [3.63, 3.8) is 0 Å². The van der Waals surface area contributed by atoms with Gasteiger partial charge in [0.1, 0.15) is 11.4 Å². The van der Waals surface area contributed by atoms with E-state index in [1.54, 1.807) is 11.8 Å². The Bertz CT molecular complexity index is 1050. The van der Waals surface area contributed by atoms with Crippen molar-refractivity contribution in [2.45, 2.75) is 44.9 Å². The SMILES string of the molecule is COc1nc(N)c2c(n1)CCN(c1ccc(C3CCC(C(C)C(=O)O)CC3)c(Cl)c1)C2=O. The number of aromatic nitrogens is 2. The number of anilines is 2. The van der Waals surface area contributed by atoms with Crippen molar-refractivity contribution in [3.05, 3.63) is 40.0 Å². The predicted molar refractivity (Wildman–Crippen MR) is 121 cm³/mol. The van der Waals surface area contributed by atoms with Gasteiger partial charge in [-0.1, -0.05) is 24.6 Å². The number of hydrogen-bond donors (Lipinski definition) is 2. The molecule has 1 unspecified atom stereocenters. The topological polar surface area (TPSA) is 119 Å². The number of carbonyl (C=O) groups excluding carboxylic acids is 1. The lowest BCUT2D eigenvalue weighted by atomic mass is 9.74. The Morgan fingerprint density at radius 3 is 2.62 bits per heavy atom. The number of nitrogens with two attached hydrogens (primary N) is 1. The Balaban J connectivity index is 1.51. The molecule has 0 spiro atoms. The molecule has 0 radical (unpaired) electrons. The molecule has 3 N–H and O–H groups in total. The van der Waals surface area contributed by atoms with Gasteiger partial charge in [-0.2, -0.15) is 9.97 Å². The van der Waals surface area contributed by atoms with Crippen LogP contribution in [0.5, 0.6) is 6.01 Å². The van der Waals surface area contributed by atoms with Crippen LogP contribution in [0.3, 0.4) is 0 Å². The van der Waals surface area contributed by atoms with Gasteiger partial charge in [0.25, 0.3) is 5.91 Å². The van der Waals surface area contributed by atoms with Crippen molar-refractivity contribution in [3.8, 4) is 6.01 Å². The summed E-state index contributed by atoms with van der Waals surface area (Å²) in [5.41, 5.74) is 8.66. The number of carboxylic acid groups (broad SMARTS) is 1. The number of halogens is 1. The fraction of sp³-hybridized carbons (Fsp3) is 0.478. The van der Waals surface area contributed by atoms with Gasteiger partial charge in [0, 0.05) is 23.7 Å². The van der Waals surface area contributed by atoms with E-state index in [0.717, 1.165) is 31.2 Å². The number of nitrogens with zero attached hydrogens (tertiary/aromatic N) is 3. The van der Waals surface area contributed by atoms with Crippen LogP contribution in [0.4, 0.5) is 11.5 Å². The maximum absolute atomic E-state index is 13.1. The number of fused-ring (bicyclic) bond motifs is 1. The number of ether oxygens (including phenoxy) is 1. The summed E-state index contributed by atoms with van der Waals surface area (Å²) in [4.78, 5) is 34.4. The van der Waals surface area contributed by atoms with Crippen molar-refractivity contribution >= 4 is 35.0 Å². The molecule has 1 aromatic carbocycles. The lowest BCUT2D eigenvalue weighted by molar-refractivity contribution is -0.143. The Hall–Kier alpha value is -2.87. The summed E-state index contributed by atoms with van der Waals surface area (Å²) in [7, 11) is 1.46. The first-order valence-electron chi connectivity index (χ1n) is 10.8. The number of carboxylic acids is 1. The van der Waals surface area contributed by atoms with Crippen molar-refractivity contribution in [2.24, 2.45) is 11.8 Å². The zero-order valence-corrected chi connectivity index (χ0v) is 18.9. The maximum Gasteiger partial charge on any atom is 0.318 e. The molecule has 0 saturated heterocycles. The summed E-state index contributed by atoms with van der Waals surface area (Å²) >= 11 is 6.65. The highest BCUT2D eigenvalue weighted by Gasteiger charge is 2.32. The van der Waals surface area contributed by atoms with Gasteiger partial charge in [-0.3, -0.25) is 9.59 Å². The van der Waals surface area contributed by atoms with E-state index in [-0.39, 0.29) is 29.6 Å². The number of nitrogen functional groups attached to an aromatic ring is 1. The summed E-state index contributed by atoms with van der Waals surface area (Å²) in [6.07, 6.45) is 4.11. The van der Waals surface area contributed by atoms with Crippen LogP contribution < -0.4 is 15.4 Å². The summed E-state index contributed by atoms with van der Waals surface area (Å²) < 4.78 is 5.05. The maximum atomic E-state index is 13.1. The molecule has 1 aliphatic carbocycles. The lowest BCUT2D eigenvalue weighted by Gasteiger charge is -2.32. The molecule has 2 heterocycles. The molecule has 170 valence electrons. The quantitative estimate of drug-likeness (QED) is 0.696. The monoisotopic (exact) mass is 458 g/mol. The van der Waals surface area contributed by atoms with E-state index in [1.807, 2.05) is 18.2 Å². The van der Waals surface area contributed by atoms with Gasteiger partial charge in [0.05, 0.1) is 18.7 Å². The number of benzene rings is 1. The van der Waals surface area contributed by atoms with E-state index in [9.17, 15) is 14.7 Å². The average molecular weight is 459 g/mol. The van der Waals surface area contributed by atoms with Crippen LogP contribution >= 0.6 is 11.6 Å². The minimum Gasteiger partial charge on any atom is -0.481 e. The highest BCUT2D eigenvalue weighted by atomic mass is 35.5. The molecule has 0 bridgehead atoms. The smallest absolute Gasteiger partial charge is 0.318 e. The zero-order valence-electron chi connectivity index (χ0n) is 18.2. The van der Waals surface area contributed by atoms with Gasteiger partial charge in [0.2, 0.25) is 0 Å². The molecule has 1 saturated carbocycles. The van der Waals surface area contributed by atoms with Crippen LogP contribution in [-0.2, 0) is 11.2 Å². The highest BCUT2D eigenvalue weighted by Crippen LogP contribution is 2.42. The van der Waals surface area contributed by atoms with Crippen LogP contribution in [0.15, 0.2) is 18.2 Å². The van der Waals surface area contributed by atoms with Gasteiger partial charge in [-0.25, -0.2) is 0 Å². The molecule has 1 atom stereocenters. The van der Waals surface area contributed by atoms with Crippen LogP contribution in [0.25, 0.3) is 0 Å². The molecule has 32 heavy (non-hydrogen) atoms. The molecule has 1 fully saturated rings. The Morgan fingerprint density at radius 1 is 1.28 bits per heavy atom. The third-order valence-corrected chi connectivity index (χ3v) is 7.14. The van der Waals surface area contributed by atoms with Crippen molar-refractivity contribution < 1.29 is 19.4 Å². The van der Waals surface area contributed by atoms with Crippen molar-refractivity contribution in [1.29, 1.82) is 0 Å². The van der Waals surface area contributed by atoms with Crippen LogP contribution in [0.1, 0.15) is 60.1 Å². The van der Waals surface area contributed by atoms with Crippen LogP contribution in [-0.4, -0.2) is 40.6 Å². The number of aliphatic carboxylic acids is 1. The summed E-state index contributed by atoms with van der Waals surface area (Å²) in [5.74, 6) is -0.691. The molecule has 2 aromatic rings. The fourth-order valence-corrected chi connectivity index (χ4v) is 5.18. The third kappa shape index (κ3) is 4.11. The molecule has 4 rings (SSSR count). The molecular weight excluding hydrogens is 432 g/mol. The molecule has 1 amide bonds. The second-order valence-corrected chi connectivity index (χ2v) is 8.98. The van der Waals surface area contributed by atoms with Gasteiger partial charge in [-0.05, 0) is 55.2 Å². The van der Waals surface area contributed by atoms with Crippen LogP contribution in [0.2, 0.25) is 5.02 Å². The summed E-state index contributed by atoms with van der Waals surface area (Å²) in [6.45, 7) is 2.25. The number of carbonyl (C=O) groups is 2. The second kappa shape index (κ2) is 8.94. The van der Waals surface area contributed by atoms with Crippen molar-refractivity contribution in [2.75, 3.05) is 24.3 Å². The van der Waals surface area contributed by atoms with Crippen molar-refractivity contribution in [1.82, 2.24) is 9.97 Å². The summed E-state index contributed by atoms with van der Waals surface area (Å²) in [6, 6.07) is 5.88. The first-order valence-corrected chi connectivity index (χ1v) is 11.2. The highest BCUT2D eigenvalue weighted by molar-refractivity contribution is 6.31. The number of hydrogen-bond acceptors (Lipinski definition) is 6. The molecule has 1 aliphatic heterocycles. The first-order chi connectivity index (χ1) is 15.3. The molecule has 2 aliphatic rings. The summed E-state index contributed by atoms with van der Waals surface area (Å²) in [5, 5.41) is 9.89. The van der Waals surface area contributed by atoms with Gasteiger partial charge < -0.3 is 20.5 Å². The zero-order chi connectivity index (χ0) is 23.0. The van der Waals surface area contributed by atoms with E-state index in [1.165, 1.54) is 7.11 Å². The number of amides is 1. The van der Waals surface area contributed by atoms with Crippen LogP contribution in [0, 0.1) is 11.8 Å². The minimum atomic E-state index is -0.729. The molecule has 8 nitrogen and oxygen atoms in total. The van der Waals surface area contributed by atoms with E-state index in [2.05, 4.69) is 9.97 Å². The number of methoxy groups -OCH3 is 1. The minimum absolute atomic E-state index is 0.108. The average Bonchev–Trinajstić information content (AvgIpc) is 2.78. The Kier molecular flexibility index (Phi) is 6.24. The molecule has 1 aromatic heterocycles. The predicted octanol–water partition coefficient (Wildman–Crippen LogP) is 3.92. The largest absolute Gasteiger partial charge is 0.481 e. The van der Waals surface area contributed by atoms with Gasteiger partial charge >= 0.3 is 12.0 Å². The van der Waals surface area contributed by atoms with Gasteiger partial charge in [-0.15, -0.1) is 0 Å². The normalized spacial score (nSPS) is 21.7. The lowest BCUT2D eigenvalue weighted by Crippen LogP contribution is -2.39. The first kappa shape index (κ1) is 22.3. The van der Waals surface area contributed by atoms with Gasteiger partial charge in [0.15, 0.2) is 0 Å². The Labute approximate surface area is 191 Å². The molecular formula is C23H27ClN4O4. The van der Waals surface area contributed by atoms with E-state index >= 15 is 0 Å². The third-order valence-electron chi connectivity index (χ3n) is 6.81. The fourth-order valence-electron chi connectivity index (χ4n) is 4.86. The standard InChI is InChI=1S/C23H27ClN4O4/c1-12(22(30)31)13-3-5-14(6-4-13)16-8-7-15(11-17(16)24)28-10-9-18-19(21(28)29)20(25)27-23(26-18)32-2/h7-8,11-14H,3-6,9-10H2,1-2H3,(H,30,31)(H2,25,26,27). The van der Waals surface area contributed by atoms with E-state index in [4.69, 9.17) is 22.1 Å². The molecule has 9 heteroatoms. The van der Waals surface area contributed by atoms with E-state index < -0.39 is 5.97 Å². The number of rotatable bonds is 5. The second-order valence-electron chi connectivity index (χ2n) is 8.57. The van der Waals surface area contributed by atoms with E-state index in [0.29, 0.717) is 40.9 Å².